The molecule has 37 heavy (non-hydrogen) atoms. The maximum atomic E-state index is 13.0. The number of hydrogen-bond acceptors (Lipinski definition) is 7. The standard InChI is InChI=1S/C30H35NO6/c1-5-23(19-22-12-8-6-9-13-22)29(37-24-14-10-7-11-15-24)21(3)36-30(34)20(2)18-25(32)27-28(33)26(35-4)16-17-31-27/h6-17,20-21,23,29,33H,5,18-19H2,1-4H3/t20-,21+,23-,29+/m1/s1. The van der Waals surface area contributed by atoms with Crippen molar-refractivity contribution < 1.29 is 28.9 Å². The Bertz CT molecular complexity index is 1150. The van der Waals surface area contributed by atoms with Crippen LogP contribution in [0.5, 0.6) is 17.2 Å². The van der Waals surface area contributed by atoms with Crippen LogP contribution < -0.4 is 9.47 Å². The molecule has 1 heterocycles. The van der Waals surface area contributed by atoms with Gasteiger partial charge in [-0.1, -0.05) is 62.4 Å². The fourth-order valence-electron chi connectivity index (χ4n) is 4.27. The van der Waals surface area contributed by atoms with Gasteiger partial charge in [-0.2, -0.15) is 0 Å². The average molecular weight is 506 g/mol. The quantitative estimate of drug-likeness (QED) is 0.237. The van der Waals surface area contributed by atoms with Crippen LogP contribution >= 0.6 is 0 Å². The SMILES string of the molecule is CC[C@H](Cc1ccccc1)[C@@H](Oc1ccccc1)[C@H](C)OC(=O)[C@H](C)CC(=O)c1nccc(OC)c1O. The van der Waals surface area contributed by atoms with Crippen molar-refractivity contribution in [3.8, 4) is 17.2 Å². The van der Waals surface area contributed by atoms with Gasteiger partial charge in [0.1, 0.15) is 18.0 Å². The molecule has 0 saturated carbocycles. The van der Waals surface area contributed by atoms with E-state index in [0.29, 0.717) is 5.75 Å². The highest BCUT2D eigenvalue weighted by Crippen LogP contribution is 2.30. The first-order valence-corrected chi connectivity index (χ1v) is 12.5. The number of benzene rings is 2. The summed E-state index contributed by atoms with van der Waals surface area (Å²) in [5.74, 6) is -1.14. The second kappa shape index (κ2) is 13.4. The molecule has 7 nitrogen and oxygen atoms in total. The van der Waals surface area contributed by atoms with E-state index in [9.17, 15) is 14.7 Å². The van der Waals surface area contributed by atoms with Crippen LogP contribution in [0.2, 0.25) is 0 Å². The Morgan fingerprint density at radius 1 is 0.973 bits per heavy atom. The first kappa shape index (κ1) is 27.7. The van der Waals surface area contributed by atoms with E-state index < -0.39 is 29.9 Å². The Balaban J connectivity index is 1.72. The lowest BCUT2D eigenvalue weighted by Crippen LogP contribution is -2.41. The van der Waals surface area contributed by atoms with E-state index >= 15 is 0 Å². The molecule has 4 atom stereocenters. The van der Waals surface area contributed by atoms with Crippen LogP contribution in [0, 0.1) is 11.8 Å². The molecule has 0 saturated heterocycles. The number of esters is 1. The zero-order valence-corrected chi connectivity index (χ0v) is 21.8. The lowest BCUT2D eigenvalue weighted by Gasteiger charge is -2.32. The van der Waals surface area contributed by atoms with Crippen molar-refractivity contribution >= 4 is 11.8 Å². The van der Waals surface area contributed by atoms with Crippen LogP contribution in [-0.4, -0.2) is 41.2 Å². The fraction of sp³-hybridized carbons (Fsp3) is 0.367. The van der Waals surface area contributed by atoms with E-state index in [1.54, 1.807) is 6.92 Å². The lowest BCUT2D eigenvalue weighted by molar-refractivity contribution is -0.158. The molecule has 3 rings (SSSR count). The smallest absolute Gasteiger partial charge is 0.309 e. The number of para-hydroxylation sites is 1. The molecule has 1 aromatic heterocycles. The molecule has 0 bridgehead atoms. The number of rotatable bonds is 13. The maximum Gasteiger partial charge on any atom is 0.309 e. The zero-order valence-electron chi connectivity index (χ0n) is 21.8. The number of Topliss-reactive ketones (excluding diaryl/α,β-unsaturated/α-hetero) is 1. The number of ether oxygens (including phenoxy) is 3. The Kier molecular flexibility index (Phi) is 10.1. The summed E-state index contributed by atoms with van der Waals surface area (Å²) >= 11 is 0. The van der Waals surface area contributed by atoms with Crippen molar-refractivity contribution in [3.05, 3.63) is 84.2 Å². The van der Waals surface area contributed by atoms with Gasteiger partial charge >= 0.3 is 5.97 Å². The minimum atomic E-state index is -0.742. The van der Waals surface area contributed by atoms with Crippen molar-refractivity contribution in [2.75, 3.05) is 7.11 Å². The number of aromatic hydroxyl groups is 1. The van der Waals surface area contributed by atoms with E-state index in [1.165, 1.54) is 24.9 Å². The molecule has 0 fully saturated rings. The third-order valence-electron chi connectivity index (χ3n) is 6.38. The van der Waals surface area contributed by atoms with E-state index in [1.807, 2.05) is 55.5 Å². The van der Waals surface area contributed by atoms with Gasteiger partial charge in [0.05, 0.1) is 13.0 Å². The van der Waals surface area contributed by atoms with E-state index in [4.69, 9.17) is 14.2 Å². The van der Waals surface area contributed by atoms with E-state index in [2.05, 4.69) is 24.0 Å². The minimum Gasteiger partial charge on any atom is -0.503 e. The Hall–Kier alpha value is -3.87. The van der Waals surface area contributed by atoms with Crippen LogP contribution in [0.25, 0.3) is 0 Å². The van der Waals surface area contributed by atoms with Crippen molar-refractivity contribution in [3.63, 3.8) is 0 Å². The fourth-order valence-corrected chi connectivity index (χ4v) is 4.27. The largest absolute Gasteiger partial charge is 0.503 e. The second-order valence-corrected chi connectivity index (χ2v) is 9.13. The molecule has 3 aromatic rings. The van der Waals surface area contributed by atoms with Gasteiger partial charge in [-0.3, -0.25) is 9.59 Å². The zero-order chi connectivity index (χ0) is 26.8. The molecule has 0 radical (unpaired) electrons. The third-order valence-corrected chi connectivity index (χ3v) is 6.38. The Labute approximate surface area is 218 Å². The Morgan fingerprint density at radius 2 is 1.62 bits per heavy atom. The highest BCUT2D eigenvalue weighted by molar-refractivity contribution is 5.99. The van der Waals surface area contributed by atoms with Gasteiger partial charge in [0.25, 0.3) is 0 Å². The molecular weight excluding hydrogens is 470 g/mol. The van der Waals surface area contributed by atoms with Gasteiger partial charge in [0.15, 0.2) is 23.0 Å². The summed E-state index contributed by atoms with van der Waals surface area (Å²) < 4.78 is 17.3. The highest BCUT2D eigenvalue weighted by atomic mass is 16.6. The summed E-state index contributed by atoms with van der Waals surface area (Å²) in [5, 5.41) is 10.2. The molecule has 0 aliphatic heterocycles. The number of carbonyl (C=O) groups is 2. The molecule has 7 heteroatoms. The number of methoxy groups -OCH3 is 1. The first-order valence-electron chi connectivity index (χ1n) is 12.5. The molecule has 0 aliphatic rings. The van der Waals surface area contributed by atoms with Crippen molar-refractivity contribution in [1.29, 1.82) is 0 Å². The monoisotopic (exact) mass is 505 g/mol. The topological polar surface area (TPSA) is 95.0 Å². The third kappa shape index (κ3) is 7.56. The van der Waals surface area contributed by atoms with Gasteiger partial charge in [0, 0.05) is 24.6 Å². The first-order chi connectivity index (χ1) is 17.8. The number of carbonyl (C=O) groups excluding carboxylic acids is 2. The summed E-state index contributed by atoms with van der Waals surface area (Å²) in [6, 6.07) is 21.1. The van der Waals surface area contributed by atoms with Crippen LogP contribution in [0.15, 0.2) is 72.9 Å². The normalized spacial score (nSPS) is 14.2. The van der Waals surface area contributed by atoms with Crippen molar-refractivity contribution in [1.82, 2.24) is 4.98 Å². The lowest BCUT2D eigenvalue weighted by atomic mass is 9.89. The summed E-state index contributed by atoms with van der Waals surface area (Å²) in [7, 11) is 1.39. The number of nitrogens with zero attached hydrogens (tertiary/aromatic N) is 1. The van der Waals surface area contributed by atoms with Crippen molar-refractivity contribution in [2.45, 2.75) is 52.2 Å². The highest BCUT2D eigenvalue weighted by Gasteiger charge is 2.32. The summed E-state index contributed by atoms with van der Waals surface area (Å²) in [5.41, 5.74) is 1.05. The predicted octanol–water partition coefficient (Wildman–Crippen LogP) is 5.65. The average Bonchev–Trinajstić information content (AvgIpc) is 2.91. The predicted molar refractivity (Wildman–Crippen MR) is 141 cm³/mol. The molecule has 0 spiro atoms. The van der Waals surface area contributed by atoms with Crippen LogP contribution in [0.3, 0.4) is 0 Å². The van der Waals surface area contributed by atoms with Crippen LogP contribution in [0.4, 0.5) is 0 Å². The molecule has 2 aromatic carbocycles. The molecule has 0 aliphatic carbocycles. The number of aromatic nitrogens is 1. The van der Waals surface area contributed by atoms with Gasteiger partial charge < -0.3 is 19.3 Å². The molecule has 1 N–H and O–H groups in total. The maximum absolute atomic E-state index is 13.0. The van der Waals surface area contributed by atoms with Crippen molar-refractivity contribution in [2.24, 2.45) is 11.8 Å². The Morgan fingerprint density at radius 3 is 2.24 bits per heavy atom. The van der Waals surface area contributed by atoms with Gasteiger partial charge in [-0.05, 0) is 37.5 Å². The van der Waals surface area contributed by atoms with Gasteiger partial charge in [-0.25, -0.2) is 4.98 Å². The number of hydrogen-bond donors (Lipinski definition) is 1. The summed E-state index contributed by atoms with van der Waals surface area (Å²) in [6.07, 6.45) is 1.84. The number of ketones is 1. The second-order valence-electron chi connectivity index (χ2n) is 9.13. The summed E-state index contributed by atoms with van der Waals surface area (Å²) in [6.45, 7) is 5.54. The summed E-state index contributed by atoms with van der Waals surface area (Å²) in [4.78, 5) is 29.7. The van der Waals surface area contributed by atoms with Gasteiger partial charge in [-0.15, -0.1) is 0 Å². The van der Waals surface area contributed by atoms with E-state index in [-0.39, 0.29) is 29.5 Å². The van der Waals surface area contributed by atoms with Crippen LogP contribution in [0.1, 0.15) is 49.7 Å². The molecular formula is C30H35NO6. The number of pyridine rings is 1. The van der Waals surface area contributed by atoms with Crippen LogP contribution in [-0.2, 0) is 16.0 Å². The minimum absolute atomic E-state index is 0.0836. The molecule has 0 unspecified atom stereocenters. The molecule has 196 valence electrons. The van der Waals surface area contributed by atoms with E-state index in [0.717, 1.165) is 12.8 Å². The van der Waals surface area contributed by atoms with Gasteiger partial charge in [0.2, 0.25) is 0 Å². The molecule has 0 amide bonds.